The molecule has 2 aliphatic rings. The second-order valence-electron chi connectivity index (χ2n) is 5.96. The molecule has 2 saturated carbocycles. The summed E-state index contributed by atoms with van der Waals surface area (Å²) in [6.45, 7) is 0.247. The molecule has 2 aliphatic carbocycles. The molecule has 0 radical (unpaired) electrons. The lowest BCUT2D eigenvalue weighted by molar-refractivity contribution is -0.154. The van der Waals surface area contributed by atoms with Crippen molar-refractivity contribution in [2.75, 3.05) is 6.54 Å². The second kappa shape index (κ2) is 4.88. The molecule has 18 heavy (non-hydrogen) atoms. The van der Waals surface area contributed by atoms with Crippen LogP contribution in [0.15, 0.2) is 0 Å². The molecule has 102 valence electrons. The molecule has 0 aromatic carbocycles. The van der Waals surface area contributed by atoms with Crippen LogP contribution in [0.4, 0.5) is 0 Å². The van der Waals surface area contributed by atoms with Gasteiger partial charge >= 0.3 is 5.97 Å². The van der Waals surface area contributed by atoms with E-state index in [4.69, 9.17) is 10.8 Å². The molecule has 2 rings (SSSR count). The maximum atomic E-state index is 11.8. The van der Waals surface area contributed by atoms with Crippen LogP contribution in [0.25, 0.3) is 0 Å². The average molecular weight is 254 g/mol. The third-order valence-electron chi connectivity index (χ3n) is 4.50. The van der Waals surface area contributed by atoms with Crippen molar-refractivity contribution >= 4 is 11.9 Å². The predicted molar refractivity (Wildman–Crippen MR) is 66.9 cm³/mol. The van der Waals surface area contributed by atoms with E-state index in [1.54, 1.807) is 0 Å². The molecule has 4 N–H and O–H groups in total. The molecule has 2 fully saturated rings. The summed E-state index contributed by atoms with van der Waals surface area (Å²) >= 11 is 0. The predicted octanol–water partition coefficient (Wildman–Crippen LogP) is 1.02. The lowest BCUT2D eigenvalue weighted by Gasteiger charge is -2.37. The highest BCUT2D eigenvalue weighted by Gasteiger charge is 2.44. The summed E-state index contributed by atoms with van der Waals surface area (Å²) in [6.07, 6.45) is 6.54. The highest BCUT2D eigenvalue weighted by Crippen LogP contribution is 2.40. The summed E-state index contributed by atoms with van der Waals surface area (Å²) in [5.74, 6) is -0.899. The van der Waals surface area contributed by atoms with Crippen LogP contribution in [0.2, 0.25) is 0 Å². The number of carboxylic acid groups (broad SMARTS) is 1. The average Bonchev–Trinajstić information content (AvgIpc) is 2.62. The van der Waals surface area contributed by atoms with E-state index in [1.807, 2.05) is 0 Å². The molecular formula is C13H22N2O3. The smallest absolute Gasteiger partial charge is 0.311 e. The fraction of sp³-hybridized carbons (Fsp3) is 0.846. The molecule has 5 heteroatoms. The van der Waals surface area contributed by atoms with Gasteiger partial charge in [-0.1, -0.05) is 19.3 Å². The number of carbonyl (C=O) groups is 2. The van der Waals surface area contributed by atoms with E-state index in [-0.39, 0.29) is 18.0 Å². The number of nitrogens with two attached hydrogens (primary N) is 1. The Kier molecular flexibility index (Phi) is 3.61. The Balaban J connectivity index is 1.79. The van der Waals surface area contributed by atoms with Gasteiger partial charge in [0.2, 0.25) is 5.91 Å². The number of hydrogen-bond donors (Lipinski definition) is 3. The van der Waals surface area contributed by atoms with Gasteiger partial charge in [0, 0.05) is 18.5 Å². The molecule has 0 heterocycles. The van der Waals surface area contributed by atoms with Crippen LogP contribution in [-0.2, 0) is 9.59 Å². The molecule has 0 saturated heterocycles. The Bertz CT molecular complexity index is 344. The third-order valence-corrected chi connectivity index (χ3v) is 4.50. The fourth-order valence-corrected chi connectivity index (χ4v) is 2.98. The van der Waals surface area contributed by atoms with E-state index in [0.29, 0.717) is 19.3 Å². The van der Waals surface area contributed by atoms with Crippen LogP contribution in [-0.4, -0.2) is 29.1 Å². The third kappa shape index (κ3) is 2.66. The van der Waals surface area contributed by atoms with Gasteiger partial charge < -0.3 is 16.2 Å². The van der Waals surface area contributed by atoms with Crippen LogP contribution in [0.3, 0.4) is 0 Å². The summed E-state index contributed by atoms with van der Waals surface area (Å²) in [7, 11) is 0. The normalized spacial score (nSPS) is 24.3. The van der Waals surface area contributed by atoms with Crippen LogP contribution in [0.1, 0.15) is 51.4 Å². The highest BCUT2D eigenvalue weighted by atomic mass is 16.4. The molecule has 0 atom stereocenters. The number of rotatable bonds is 5. The Morgan fingerprint density at radius 3 is 2.17 bits per heavy atom. The zero-order valence-electron chi connectivity index (χ0n) is 10.7. The minimum Gasteiger partial charge on any atom is -0.481 e. The van der Waals surface area contributed by atoms with Gasteiger partial charge in [0.25, 0.3) is 0 Å². The summed E-state index contributed by atoms with van der Waals surface area (Å²) in [6, 6.07) is 0. The van der Waals surface area contributed by atoms with E-state index < -0.39 is 11.4 Å². The summed E-state index contributed by atoms with van der Waals surface area (Å²) in [5, 5.41) is 11.9. The lowest BCUT2D eigenvalue weighted by atomic mass is 9.69. The molecule has 0 unspecified atom stereocenters. The highest BCUT2D eigenvalue weighted by molar-refractivity contribution is 5.80. The van der Waals surface area contributed by atoms with Crippen molar-refractivity contribution in [3.63, 3.8) is 0 Å². The summed E-state index contributed by atoms with van der Waals surface area (Å²) in [4.78, 5) is 23.0. The van der Waals surface area contributed by atoms with Crippen LogP contribution in [0.5, 0.6) is 0 Å². The molecule has 0 aromatic rings. The summed E-state index contributed by atoms with van der Waals surface area (Å²) in [5.41, 5.74) is 5.05. The van der Waals surface area contributed by atoms with Gasteiger partial charge in [0.15, 0.2) is 0 Å². The minimum absolute atomic E-state index is 0.105. The Morgan fingerprint density at radius 2 is 1.72 bits per heavy atom. The van der Waals surface area contributed by atoms with Gasteiger partial charge in [-0.15, -0.1) is 0 Å². The van der Waals surface area contributed by atoms with Gasteiger partial charge in [-0.2, -0.15) is 0 Å². The van der Waals surface area contributed by atoms with Crippen molar-refractivity contribution in [1.29, 1.82) is 0 Å². The standard InChI is InChI=1S/C13H22N2O3/c14-13(6-1-2-7-13)8-10(16)15-9-12(11(17)18)4-3-5-12/h1-9,14H2,(H,15,16)(H,17,18). The van der Waals surface area contributed by atoms with E-state index in [2.05, 4.69) is 5.32 Å². The van der Waals surface area contributed by atoms with E-state index in [9.17, 15) is 9.59 Å². The monoisotopic (exact) mass is 254 g/mol. The van der Waals surface area contributed by atoms with Crippen molar-refractivity contribution < 1.29 is 14.7 Å². The van der Waals surface area contributed by atoms with Crippen molar-refractivity contribution in [2.24, 2.45) is 11.1 Å². The second-order valence-corrected chi connectivity index (χ2v) is 5.96. The maximum absolute atomic E-state index is 11.8. The summed E-state index contributed by atoms with van der Waals surface area (Å²) < 4.78 is 0. The van der Waals surface area contributed by atoms with Gasteiger partial charge in [-0.05, 0) is 25.7 Å². The van der Waals surface area contributed by atoms with Crippen molar-refractivity contribution in [2.45, 2.75) is 56.9 Å². The number of amides is 1. The van der Waals surface area contributed by atoms with Crippen LogP contribution >= 0.6 is 0 Å². The van der Waals surface area contributed by atoms with Crippen LogP contribution in [0, 0.1) is 5.41 Å². The molecule has 0 spiro atoms. The van der Waals surface area contributed by atoms with Gasteiger partial charge in [0.1, 0.15) is 0 Å². The fourth-order valence-electron chi connectivity index (χ4n) is 2.98. The molecule has 0 aromatic heterocycles. The quantitative estimate of drug-likeness (QED) is 0.683. The number of aliphatic carboxylic acids is 1. The Labute approximate surface area is 107 Å². The molecule has 0 aliphatic heterocycles. The zero-order chi connectivity index (χ0) is 13.2. The Hall–Kier alpha value is -1.10. The van der Waals surface area contributed by atoms with Crippen molar-refractivity contribution in [1.82, 2.24) is 5.32 Å². The van der Waals surface area contributed by atoms with Gasteiger partial charge in [0.05, 0.1) is 5.41 Å². The van der Waals surface area contributed by atoms with Crippen molar-refractivity contribution in [3.8, 4) is 0 Å². The molecule has 0 bridgehead atoms. The van der Waals surface area contributed by atoms with Gasteiger partial charge in [-0.25, -0.2) is 0 Å². The number of hydrogen-bond acceptors (Lipinski definition) is 3. The maximum Gasteiger partial charge on any atom is 0.311 e. The topological polar surface area (TPSA) is 92.4 Å². The van der Waals surface area contributed by atoms with E-state index in [1.165, 1.54) is 0 Å². The minimum atomic E-state index is -0.794. The van der Waals surface area contributed by atoms with E-state index in [0.717, 1.165) is 32.1 Å². The number of carboxylic acids is 1. The zero-order valence-corrected chi connectivity index (χ0v) is 10.7. The van der Waals surface area contributed by atoms with E-state index >= 15 is 0 Å². The largest absolute Gasteiger partial charge is 0.481 e. The van der Waals surface area contributed by atoms with Crippen LogP contribution < -0.4 is 11.1 Å². The van der Waals surface area contributed by atoms with Gasteiger partial charge in [-0.3, -0.25) is 9.59 Å². The number of nitrogens with one attached hydrogen (secondary N) is 1. The SMILES string of the molecule is NC1(CC(=O)NCC2(C(=O)O)CCC2)CCCC1. The Morgan fingerprint density at radius 1 is 1.11 bits per heavy atom. The van der Waals surface area contributed by atoms with Crippen molar-refractivity contribution in [3.05, 3.63) is 0 Å². The molecular weight excluding hydrogens is 232 g/mol. The lowest BCUT2D eigenvalue weighted by Crippen LogP contribution is -2.49. The number of carbonyl (C=O) groups excluding carboxylic acids is 1. The molecule has 5 nitrogen and oxygen atoms in total. The first-order valence-corrected chi connectivity index (χ1v) is 6.75. The first-order chi connectivity index (χ1) is 8.46. The first kappa shape index (κ1) is 13.3. The first-order valence-electron chi connectivity index (χ1n) is 6.75. The molecule has 1 amide bonds.